The third-order valence-corrected chi connectivity index (χ3v) is 4.23. The topological polar surface area (TPSA) is 84.0 Å². The quantitative estimate of drug-likeness (QED) is 0.850. The third-order valence-electron chi connectivity index (χ3n) is 3.10. The van der Waals surface area contributed by atoms with Crippen molar-refractivity contribution in [1.29, 1.82) is 0 Å². The lowest BCUT2D eigenvalue weighted by molar-refractivity contribution is -0.121. The Bertz CT molecular complexity index is 680. The Balaban J connectivity index is 1.77. The molecule has 7 heteroatoms. The number of carbonyl (C=O) groups is 2. The Morgan fingerprint density at radius 2 is 1.65 bits per heavy atom. The zero-order chi connectivity index (χ0) is 16.8. The van der Waals surface area contributed by atoms with E-state index in [0.717, 1.165) is 16.3 Å². The van der Waals surface area contributed by atoms with Crippen molar-refractivity contribution in [1.82, 2.24) is 10.2 Å². The van der Waals surface area contributed by atoms with Gasteiger partial charge < -0.3 is 10.6 Å². The maximum absolute atomic E-state index is 11.8. The van der Waals surface area contributed by atoms with Gasteiger partial charge in [0.05, 0.1) is 0 Å². The first-order valence-corrected chi connectivity index (χ1v) is 8.25. The van der Waals surface area contributed by atoms with Crippen molar-refractivity contribution in [2.24, 2.45) is 0 Å². The molecule has 0 aliphatic heterocycles. The van der Waals surface area contributed by atoms with Crippen LogP contribution < -0.4 is 10.6 Å². The van der Waals surface area contributed by atoms with Crippen LogP contribution in [-0.2, 0) is 9.59 Å². The predicted octanol–water partition coefficient (Wildman–Crippen LogP) is 3.33. The van der Waals surface area contributed by atoms with Crippen LogP contribution in [0.4, 0.5) is 10.8 Å². The van der Waals surface area contributed by atoms with E-state index in [2.05, 4.69) is 20.8 Å². The highest BCUT2D eigenvalue weighted by Gasteiger charge is 2.12. The van der Waals surface area contributed by atoms with E-state index < -0.39 is 0 Å². The fourth-order valence-electron chi connectivity index (χ4n) is 1.79. The second-order valence-electron chi connectivity index (χ2n) is 5.56. The predicted molar refractivity (Wildman–Crippen MR) is 91.7 cm³/mol. The van der Waals surface area contributed by atoms with Crippen LogP contribution in [0.25, 0.3) is 0 Å². The van der Waals surface area contributed by atoms with E-state index in [0.29, 0.717) is 5.13 Å². The maximum atomic E-state index is 11.8. The second-order valence-corrected chi connectivity index (χ2v) is 6.57. The summed E-state index contributed by atoms with van der Waals surface area (Å²) in [6.45, 7) is 6.01. The smallest absolute Gasteiger partial charge is 0.226 e. The minimum absolute atomic E-state index is 0.105. The van der Waals surface area contributed by atoms with Crippen molar-refractivity contribution in [2.45, 2.75) is 39.5 Å². The fraction of sp³-hybridized carbons (Fsp3) is 0.375. The largest absolute Gasteiger partial charge is 0.326 e. The molecule has 1 heterocycles. The van der Waals surface area contributed by atoms with Gasteiger partial charge in [-0.2, -0.15) is 0 Å². The summed E-state index contributed by atoms with van der Waals surface area (Å²) in [7, 11) is 0. The van der Waals surface area contributed by atoms with E-state index in [1.807, 2.05) is 45.0 Å². The lowest BCUT2D eigenvalue weighted by Gasteiger charge is -2.05. The molecular formula is C16H20N4O2S. The molecule has 0 saturated heterocycles. The molecule has 1 aromatic carbocycles. The van der Waals surface area contributed by atoms with Crippen LogP contribution in [0.5, 0.6) is 0 Å². The molecule has 1 aromatic heterocycles. The van der Waals surface area contributed by atoms with Crippen LogP contribution in [0, 0.1) is 6.92 Å². The van der Waals surface area contributed by atoms with Crippen LogP contribution >= 0.6 is 11.3 Å². The number of nitrogens with one attached hydrogen (secondary N) is 2. The highest BCUT2D eigenvalue weighted by molar-refractivity contribution is 7.15. The van der Waals surface area contributed by atoms with Crippen molar-refractivity contribution in [3.05, 3.63) is 34.8 Å². The summed E-state index contributed by atoms with van der Waals surface area (Å²) in [5.74, 6) is -0.155. The Morgan fingerprint density at radius 1 is 1.04 bits per heavy atom. The van der Waals surface area contributed by atoms with E-state index >= 15 is 0 Å². The number of amides is 2. The van der Waals surface area contributed by atoms with Crippen LogP contribution in [0.15, 0.2) is 24.3 Å². The van der Waals surface area contributed by atoms with Crippen molar-refractivity contribution >= 4 is 34.0 Å². The summed E-state index contributed by atoms with van der Waals surface area (Å²) >= 11 is 1.35. The number of benzene rings is 1. The molecule has 2 N–H and O–H groups in total. The Labute approximate surface area is 139 Å². The molecule has 6 nitrogen and oxygen atoms in total. The van der Waals surface area contributed by atoms with Gasteiger partial charge in [-0.05, 0) is 19.1 Å². The first-order chi connectivity index (χ1) is 10.9. The van der Waals surface area contributed by atoms with Crippen LogP contribution in [0.1, 0.15) is 43.2 Å². The summed E-state index contributed by atoms with van der Waals surface area (Å²) < 4.78 is 0. The molecule has 122 valence electrons. The SMILES string of the molecule is Cc1ccc(NC(=O)CCC(=O)Nc2nnc(C(C)C)s2)cc1. The third kappa shape index (κ3) is 5.45. The van der Waals surface area contributed by atoms with E-state index in [1.54, 1.807) is 0 Å². The maximum Gasteiger partial charge on any atom is 0.226 e. The molecule has 23 heavy (non-hydrogen) atoms. The minimum Gasteiger partial charge on any atom is -0.326 e. The molecular weight excluding hydrogens is 312 g/mol. The van der Waals surface area contributed by atoms with E-state index in [1.165, 1.54) is 11.3 Å². The van der Waals surface area contributed by atoms with Gasteiger partial charge in [-0.1, -0.05) is 42.9 Å². The summed E-state index contributed by atoms with van der Waals surface area (Å²) in [4.78, 5) is 23.7. The number of anilines is 2. The summed E-state index contributed by atoms with van der Waals surface area (Å²) in [5, 5.41) is 14.7. The highest BCUT2D eigenvalue weighted by Crippen LogP contribution is 2.22. The Hall–Kier alpha value is -2.28. The fourth-order valence-corrected chi connectivity index (χ4v) is 2.55. The molecule has 0 saturated carbocycles. The van der Waals surface area contributed by atoms with Crippen LogP contribution in [0.3, 0.4) is 0 Å². The molecule has 0 radical (unpaired) electrons. The van der Waals surface area contributed by atoms with Crippen molar-refractivity contribution in [3.8, 4) is 0 Å². The Morgan fingerprint density at radius 3 is 2.22 bits per heavy atom. The average Bonchev–Trinajstić information content (AvgIpc) is 2.96. The molecule has 2 amide bonds. The zero-order valence-electron chi connectivity index (χ0n) is 13.4. The molecule has 2 rings (SSSR count). The monoisotopic (exact) mass is 332 g/mol. The molecule has 0 aliphatic rings. The van der Waals surface area contributed by atoms with E-state index in [4.69, 9.17) is 0 Å². The van der Waals surface area contributed by atoms with Gasteiger partial charge in [0.1, 0.15) is 5.01 Å². The van der Waals surface area contributed by atoms with Gasteiger partial charge in [0.25, 0.3) is 0 Å². The average molecular weight is 332 g/mol. The number of aromatic nitrogens is 2. The molecule has 0 unspecified atom stereocenters. The second kappa shape index (κ2) is 7.82. The van der Waals surface area contributed by atoms with Gasteiger partial charge in [0.2, 0.25) is 16.9 Å². The number of nitrogens with zero attached hydrogens (tertiary/aromatic N) is 2. The summed E-state index contributed by atoms with van der Waals surface area (Å²) in [6.07, 6.45) is 0.226. The van der Waals surface area contributed by atoms with Crippen LogP contribution in [0.2, 0.25) is 0 Å². The molecule has 0 spiro atoms. The number of hydrogen-bond acceptors (Lipinski definition) is 5. The van der Waals surface area contributed by atoms with E-state index in [-0.39, 0.29) is 30.6 Å². The Kier molecular flexibility index (Phi) is 5.81. The molecule has 0 fully saturated rings. The van der Waals surface area contributed by atoms with Gasteiger partial charge in [0.15, 0.2) is 0 Å². The van der Waals surface area contributed by atoms with Crippen molar-refractivity contribution in [3.63, 3.8) is 0 Å². The summed E-state index contributed by atoms with van der Waals surface area (Å²) in [5.41, 5.74) is 1.85. The first kappa shape index (κ1) is 17.1. The molecule has 0 aliphatic carbocycles. The van der Waals surface area contributed by atoms with Crippen LogP contribution in [-0.4, -0.2) is 22.0 Å². The van der Waals surface area contributed by atoms with Gasteiger partial charge >= 0.3 is 0 Å². The first-order valence-electron chi connectivity index (χ1n) is 7.44. The van der Waals surface area contributed by atoms with Gasteiger partial charge in [-0.3, -0.25) is 9.59 Å². The number of aryl methyl sites for hydroxylation is 1. The lowest BCUT2D eigenvalue weighted by atomic mass is 10.2. The standard InChI is InChI=1S/C16H20N4O2S/c1-10(2)15-19-20-16(23-15)18-14(22)9-8-13(21)17-12-6-4-11(3)5-7-12/h4-7,10H,8-9H2,1-3H3,(H,17,21)(H,18,20,22). The summed E-state index contributed by atoms with van der Waals surface area (Å²) in [6, 6.07) is 7.51. The zero-order valence-corrected chi connectivity index (χ0v) is 14.2. The lowest BCUT2D eigenvalue weighted by Crippen LogP contribution is -2.17. The van der Waals surface area contributed by atoms with Gasteiger partial charge in [-0.15, -0.1) is 10.2 Å². The molecule has 0 atom stereocenters. The minimum atomic E-state index is -0.240. The number of carbonyl (C=O) groups excluding carboxylic acids is 2. The number of hydrogen-bond donors (Lipinski definition) is 2. The van der Waals surface area contributed by atoms with E-state index in [9.17, 15) is 9.59 Å². The number of rotatable bonds is 6. The highest BCUT2D eigenvalue weighted by atomic mass is 32.1. The van der Waals surface area contributed by atoms with Crippen molar-refractivity contribution in [2.75, 3.05) is 10.6 Å². The normalized spacial score (nSPS) is 10.6. The molecule has 2 aromatic rings. The van der Waals surface area contributed by atoms with Crippen molar-refractivity contribution < 1.29 is 9.59 Å². The van der Waals surface area contributed by atoms with Gasteiger partial charge in [-0.25, -0.2) is 0 Å². The molecule has 0 bridgehead atoms. The van der Waals surface area contributed by atoms with Gasteiger partial charge in [0, 0.05) is 24.4 Å².